The van der Waals surface area contributed by atoms with Crippen molar-refractivity contribution in [3.05, 3.63) is 20.5 Å². The number of sulfonamides is 1. The lowest BCUT2D eigenvalue weighted by atomic mass is 9.96. The predicted octanol–water partition coefficient (Wildman–Crippen LogP) is 3.26. The Morgan fingerprint density at radius 3 is 2.50 bits per heavy atom. The molecule has 0 aliphatic heterocycles. The van der Waals surface area contributed by atoms with Gasteiger partial charge >= 0.3 is 0 Å². The summed E-state index contributed by atoms with van der Waals surface area (Å²) in [5.41, 5.74) is -0.354. The molecule has 0 radical (unpaired) electrons. The molecule has 0 saturated heterocycles. The lowest BCUT2D eigenvalue weighted by Crippen LogP contribution is -2.37. The Balaban J connectivity index is 2.29. The Hall–Kier alpha value is -0.700. The molecule has 6 nitrogen and oxygen atoms in total. The fraction of sp³-hybridized carbons (Fsp3) is 0.636. The van der Waals surface area contributed by atoms with Crippen LogP contribution in [-0.4, -0.2) is 30.7 Å². The molecule has 1 aliphatic rings. The van der Waals surface area contributed by atoms with Gasteiger partial charge in [0.05, 0.1) is 4.92 Å². The first-order chi connectivity index (χ1) is 9.34. The number of nitrogens with zero attached hydrogens (tertiary/aromatic N) is 2. The van der Waals surface area contributed by atoms with Crippen molar-refractivity contribution in [3.8, 4) is 0 Å². The van der Waals surface area contributed by atoms with E-state index in [-0.39, 0.29) is 20.3 Å². The molecule has 0 amide bonds. The summed E-state index contributed by atoms with van der Waals surface area (Å²) in [6, 6.07) is 1.01. The Bertz CT molecular complexity index is 608. The SMILES string of the molecule is CN(C1CCCCC1)S(=O)(=O)c1cc([N+](=O)[O-])c(Cl)s1. The van der Waals surface area contributed by atoms with Crippen LogP contribution >= 0.6 is 22.9 Å². The van der Waals surface area contributed by atoms with Crippen LogP contribution in [0.1, 0.15) is 32.1 Å². The second-order valence-electron chi connectivity index (χ2n) is 4.79. The number of thiophene rings is 1. The molecule has 112 valence electrons. The Kier molecular flexibility index (Phi) is 4.68. The molecule has 1 heterocycles. The lowest BCUT2D eigenvalue weighted by molar-refractivity contribution is -0.384. The largest absolute Gasteiger partial charge is 0.300 e. The molecule has 0 unspecified atom stereocenters. The van der Waals surface area contributed by atoms with Crippen molar-refractivity contribution in [1.82, 2.24) is 4.31 Å². The third-order valence-corrected chi connectivity index (χ3v) is 7.26. The summed E-state index contributed by atoms with van der Waals surface area (Å²) >= 11 is 6.47. The molecule has 2 rings (SSSR count). The van der Waals surface area contributed by atoms with E-state index in [9.17, 15) is 18.5 Å². The van der Waals surface area contributed by atoms with E-state index in [2.05, 4.69) is 0 Å². The molecule has 0 N–H and O–H groups in total. The van der Waals surface area contributed by atoms with Gasteiger partial charge in [-0.2, -0.15) is 4.31 Å². The second-order valence-corrected chi connectivity index (χ2v) is 8.67. The highest BCUT2D eigenvalue weighted by Crippen LogP contribution is 2.38. The van der Waals surface area contributed by atoms with Gasteiger partial charge in [-0.15, -0.1) is 11.3 Å². The van der Waals surface area contributed by atoms with E-state index in [4.69, 9.17) is 11.6 Å². The lowest BCUT2D eigenvalue weighted by Gasteiger charge is -2.29. The number of rotatable bonds is 4. The molecule has 0 aromatic carbocycles. The van der Waals surface area contributed by atoms with Gasteiger partial charge < -0.3 is 0 Å². The van der Waals surface area contributed by atoms with E-state index in [0.29, 0.717) is 0 Å². The van der Waals surface area contributed by atoms with Crippen LogP contribution in [-0.2, 0) is 10.0 Å². The van der Waals surface area contributed by atoms with Gasteiger partial charge in [-0.3, -0.25) is 10.1 Å². The first kappa shape index (κ1) is 15.7. The van der Waals surface area contributed by atoms with Gasteiger partial charge in [0.25, 0.3) is 15.7 Å². The van der Waals surface area contributed by atoms with Gasteiger partial charge in [-0.05, 0) is 12.8 Å². The van der Waals surface area contributed by atoms with Crippen molar-refractivity contribution in [2.24, 2.45) is 0 Å². The third-order valence-electron chi connectivity index (χ3n) is 3.57. The Morgan fingerprint density at radius 2 is 2.00 bits per heavy atom. The minimum Gasteiger partial charge on any atom is -0.258 e. The molecule has 20 heavy (non-hydrogen) atoms. The zero-order valence-electron chi connectivity index (χ0n) is 10.9. The van der Waals surface area contributed by atoms with Crippen LogP contribution < -0.4 is 0 Å². The minimum atomic E-state index is -3.71. The minimum absolute atomic E-state index is 0.0336. The average molecular weight is 339 g/mol. The number of hydrogen-bond acceptors (Lipinski definition) is 5. The molecule has 1 aromatic heterocycles. The number of nitro groups is 1. The standard InChI is InChI=1S/C11H15ClN2O4S2/c1-13(8-5-3-2-4-6-8)20(17,18)10-7-9(14(15)16)11(12)19-10/h7-8H,2-6H2,1H3. The molecule has 1 fully saturated rings. The monoisotopic (exact) mass is 338 g/mol. The number of hydrogen-bond donors (Lipinski definition) is 0. The Labute approximate surface area is 126 Å². The number of halogens is 1. The third kappa shape index (κ3) is 2.98. The van der Waals surface area contributed by atoms with Crippen LogP contribution in [0.25, 0.3) is 0 Å². The van der Waals surface area contributed by atoms with Crippen LogP contribution in [0.2, 0.25) is 4.34 Å². The van der Waals surface area contributed by atoms with Gasteiger partial charge in [0, 0.05) is 19.2 Å². The fourth-order valence-electron chi connectivity index (χ4n) is 2.37. The zero-order valence-corrected chi connectivity index (χ0v) is 13.3. The Morgan fingerprint density at radius 1 is 1.40 bits per heavy atom. The normalized spacial score (nSPS) is 17.6. The smallest absolute Gasteiger partial charge is 0.258 e. The highest BCUT2D eigenvalue weighted by atomic mass is 35.5. The van der Waals surface area contributed by atoms with Crippen molar-refractivity contribution in [2.45, 2.75) is 42.4 Å². The first-order valence-corrected chi connectivity index (χ1v) is 8.89. The zero-order chi connectivity index (χ0) is 14.9. The molecular weight excluding hydrogens is 324 g/mol. The average Bonchev–Trinajstić information content (AvgIpc) is 2.82. The van der Waals surface area contributed by atoms with Crippen LogP contribution in [0.15, 0.2) is 10.3 Å². The van der Waals surface area contributed by atoms with Crippen molar-refractivity contribution >= 4 is 38.6 Å². The van der Waals surface area contributed by atoms with Gasteiger partial charge in [0.2, 0.25) is 0 Å². The molecule has 1 aliphatic carbocycles. The van der Waals surface area contributed by atoms with Gasteiger partial charge in [0.1, 0.15) is 4.21 Å². The molecule has 1 aromatic rings. The van der Waals surface area contributed by atoms with Crippen LogP contribution in [0.3, 0.4) is 0 Å². The predicted molar refractivity (Wildman–Crippen MR) is 77.8 cm³/mol. The van der Waals surface area contributed by atoms with E-state index in [1.165, 1.54) is 11.4 Å². The molecular formula is C11H15ClN2O4S2. The molecule has 0 atom stereocenters. The first-order valence-electron chi connectivity index (χ1n) is 6.26. The highest BCUT2D eigenvalue weighted by Gasteiger charge is 2.32. The second kappa shape index (κ2) is 5.97. The summed E-state index contributed by atoms with van der Waals surface area (Å²) in [7, 11) is -2.18. The topological polar surface area (TPSA) is 80.5 Å². The summed E-state index contributed by atoms with van der Waals surface area (Å²) in [4.78, 5) is 10.1. The maximum absolute atomic E-state index is 12.5. The summed E-state index contributed by atoms with van der Waals surface area (Å²) < 4.78 is 26.1. The summed E-state index contributed by atoms with van der Waals surface area (Å²) in [5, 5.41) is 10.8. The van der Waals surface area contributed by atoms with E-state index >= 15 is 0 Å². The van der Waals surface area contributed by atoms with E-state index < -0.39 is 14.9 Å². The van der Waals surface area contributed by atoms with Crippen LogP contribution in [0.4, 0.5) is 5.69 Å². The van der Waals surface area contributed by atoms with Crippen molar-refractivity contribution in [1.29, 1.82) is 0 Å². The fourth-order valence-corrected chi connectivity index (χ4v) is 5.64. The summed E-state index contributed by atoms with van der Waals surface area (Å²) in [5.74, 6) is 0. The van der Waals surface area contributed by atoms with Crippen LogP contribution in [0.5, 0.6) is 0 Å². The van der Waals surface area contributed by atoms with E-state index in [0.717, 1.165) is 49.5 Å². The maximum Gasteiger partial charge on any atom is 0.300 e. The molecule has 1 saturated carbocycles. The van der Waals surface area contributed by atoms with Crippen LogP contribution in [0, 0.1) is 10.1 Å². The summed E-state index contributed by atoms with van der Waals surface area (Å²) in [6.45, 7) is 0. The molecule has 0 spiro atoms. The summed E-state index contributed by atoms with van der Waals surface area (Å²) in [6.07, 6.45) is 4.81. The quantitative estimate of drug-likeness (QED) is 0.623. The van der Waals surface area contributed by atoms with Crippen molar-refractivity contribution in [3.63, 3.8) is 0 Å². The molecule has 9 heteroatoms. The molecule has 0 bridgehead atoms. The van der Waals surface area contributed by atoms with Gasteiger partial charge in [-0.25, -0.2) is 8.42 Å². The van der Waals surface area contributed by atoms with Crippen molar-refractivity contribution in [2.75, 3.05) is 7.05 Å². The van der Waals surface area contributed by atoms with Crippen molar-refractivity contribution < 1.29 is 13.3 Å². The highest BCUT2D eigenvalue weighted by molar-refractivity contribution is 7.91. The van der Waals surface area contributed by atoms with E-state index in [1.807, 2.05) is 0 Å². The van der Waals surface area contributed by atoms with Gasteiger partial charge in [-0.1, -0.05) is 30.9 Å². The van der Waals surface area contributed by atoms with E-state index in [1.54, 1.807) is 0 Å². The maximum atomic E-state index is 12.5. The van der Waals surface area contributed by atoms with Gasteiger partial charge in [0.15, 0.2) is 4.34 Å².